The lowest BCUT2D eigenvalue weighted by Crippen LogP contribution is -2.25. The second-order valence-electron chi connectivity index (χ2n) is 5.64. The Bertz CT molecular complexity index is 640. The summed E-state index contributed by atoms with van der Waals surface area (Å²) in [5.74, 6) is -1.66. The SMILES string of the molecule is CC(C)c1cnc(N2CCC(F)(F)C2)c2cnccc12. The highest BCUT2D eigenvalue weighted by Gasteiger charge is 2.39. The molecule has 0 bridgehead atoms. The molecule has 1 aliphatic rings. The summed E-state index contributed by atoms with van der Waals surface area (Å²) < 4.78 is 26.8. The minimum atomic E-state index is -2.62. The molecule has 3 nitrogen and oxygen atoms in total. The van der Waals surface area contributed by atoms with Crippen LogP contribution in [0, 0.1) is 0 Å². The second kappa shape index (κ2) is 4.65. The van der Waals surface area contributed by atoms with Crippen molar-refractivity contribution in [1.29, 1.82) is 0 Å². The van der Waals surface area contributed by atoms with Gasteiger partial charge in [0, 0.05) is 36.9 Å². The van der Waals surface area contributed by atoms with Crippen molar-refractivity contribution in [3.63, 3.8) is 0 Å². The number of fused-ring (bicyclic) bond motifs is 1. The van der Waals surface area contributed by atoms with Gasteiger partial charge in [-0.15, -0.1) is 0 Å². The zero-order chi connectivity index (χ0) is 14.3. The summed E-state index contributed by atoms with van der Waals surface area (Å²) in [6, 6.07) is 1.93. The van der Waals surface area contributed by atoms with E-state index in [2.05, 4.69) is 23.8 Å². The van der Waals surface area contributed by atoms with Crippen molar-refractivity contribution in [2.45, 2.75) is 32.1 Å². The van der Waals surface area contributed by atoms with E-state index in [1.807, 2.05) is 6.07 Å². The van der Waals surface area contributed by atoms with Gasteiger partial charge in [-0.3, -0.25) is 4.98 Å². The van der Waals surface area contributed by atoms with Crippen molar-refractivity contribution in [3.8, 4) is 0 Å². The molecule has 0 N–H and O–H groups in total. The lowest BCUT2D eigenvalue weighted by molar-refractivity contribution is 0.0257. The predicted molar refractivity (Wildman–Crippen MR) is 75.4 cm³/mol. The van der Waals surface area contributed by atoms with Crippen molar-refractivity contribution in [2.24, 2.45) is 0 Å². The van der Waals surface area contributed by atoms with Crippen LogP contribution in [-0.4, -0.2) is 29.0 Å². The molecule has 0 aromatic carbocycles. The van der Waals surface area contributed by atoms with Crippen LogP contribution in [0.1, 0.15) is 31.7 Å². The summed E-state index contributed by atoms with van der Waals surface area (Å²) in [7, 11) is 0. The number of aromatic nitrogens is 2. The molecule has 1 fully saturated rings. The Hall–Kier alpha value is -1.78. The number of hydrogen-bond donors (Lipinski definition) is 0. The maximum Gasteiger partial charge on any atom is 0.266 e. The standard InChI is InChI=1S/C15H17F2N3/c1-10(2)12-8-19-14(13-7-18-5-3-11(12)13)20-6-4-15(16,17)9-20/h3,5,7-8,10H,4,6,9H2,1-2H3. The van der Waals surface area contributed by atoms with E-state index < -0.39 is 5.92 Å². The van der Waals surface area contributed by atoms with Gasteiger partial charge in [-0.1, -0.05) is 13.8 Å². The molecule has 0 spiro atoms. The van der Waals surface area contributed by atoms with Crippen LogP contribution in [0.25, 0.3) is 10.8 Å². The topological polar surface area (TPSA) is 29.0 Å². The average molecular weight is 277 g/mol. The fourth-order valence-electron chi connectivity index (χ4n) is 2.72. The van der Waals surface area contributed by atoms with Crippen LogP contribution in [0.2, 0.25) is 0 Å². The molecule has 20 heavy (non-hydrogen) atoms. The van der Waals surface area contributed by atoms with Gasteiger partial charge < -0.3 is 4.90 Å². The molecule has 0 aliphatic carbocycles. The van der Waals surface area contributed by atoms with E-state index in [0.29, 0.717) is 18.3 Å². The zero-order valence-electron chi connectivity index (χ0n) is 11.6. The quantitative estimate of drug-likeness (QED) is 0.840. The molecule has 0 saturated carbocycles. The first-order valence-corrected chi connectivity index (χ1v) is 6.83. The summed E-state index contributed by atoms with van der Waals surface area (Å²) >= 11 is 0. The minimum Gasteiger partial charge on any atom is -0.350 e. The minimum absolute atomic E-state index is 0.109. The third-order valence-corrected chi connectivity index (χ3v) is 3.79. The fraction of sp³-hybridized carbons (Fsp3) is 0.467. The van der Waals surface area contributed by atoms with Gasteiger partial charge in [0.2, 0.25) is 0 Å². The Morgan fingerprint density at radius 3 is 2.70 bits per heavy atom. The monoisotopic (exact) mass is 277 g/mol. The van der Waals surface area contributed by atoms with Crippen LogP contribution >= 0.6 is 0 Å². The molecule has 1 saturated heterocycles. The first kappa shape index (κ1) is 13.2. The lowest BCUT2D eigenvalue weighted by Gasteiger charge is -2.20. The van der Waals surface area contributed by atoms with Gasteiger partial charge in [-0.05, 0) is 22.9 Å². The number of nitrogens with zero attached hydrogens (tertiary/aromatic N) is 3. The van der Waals surface area contributed by atoms with Crippen LogP contribution < -0.4 is 4.90 Å². The van der Waals surface area contributed by atoms with Crippen molar-refractivity contribution in [1.82, 2.24) is 9.97 Å². The molecule has 1 aliphatic heterocycles. The van der Waals surface area contributed by atoms with Gasteiger partial charge in [-0.25, -0.2) is 13.8 Å². The Labute approximate surface area is 116 Å². The molecule has 0 unspecified atom stereocenters. The lowest BCUT2D eigenvalue weighted by atomic mass is 9.99. The molecule has 106 valence electrons. The molecule has 0 radical (unpaired) electrons. The molecular formula is C15H17F2N3. The Morgan fingerprint density at radius 2 is 2.05 bits per heavy atom. The largest absolute Gasteiger partial charge is 0.350 e. The summed E-state index contributed by atoms with van der Waals surface area (Å²) in [5.41, 5.74) is 1.12. The highest BCUT2D eigenvalue weighted by molar-refractivity contribution is 5.94. The summed E-state index contributed by atoms with van der Waals surface area (Å²) in [5, 5.41) is 1.91. The molecular weight excluding hydrogens is 260 g/mol. The van der Waals surface area contributed by atoms with Crippen LogP contribution in [0.15, 0.2) is 24.7 Å². The maximum atomic E-state index is 13.4. The van der Waals surface area contributed by atoms with Crippen LogP contribution in [-0.2, 0) is 0 Å². The number of halogens is 2. The van der Waals surface area contributed by atoms with E-state index >= 15 is 0 Å². The van der Waals surface area contributed by atoms with Gasteiger partial charge in [0.1, 0.15) is 5.82 Å². The average Bonchev–Trinajstić information content (AvgIpc) is 2.77. The molecule has 2 aromatic heterocycles. The van der Waals surface area contributed by atoms with Gasteiger partial charge in [0.05, 0.1) is 6.54 Å². The Balaban J connectivity index is 2.12. The van der Waals surface area contributed by atoms with Gasteiger partial charge in [0.25, 0.3) is 5.92 Å². The van der Waals surface area contributed by atoms with Crippen LogP contribution in [0.5, 0.6) is 0 Å². The van der Waals surface area contributed by atoms with Crippen molar-refractivity contribution in [3.05, 3.63) is 30.2 Å². The van der Waals surface area contributed by atoms with E-state index in [4.69, 9.17) is 0 Å². The van der Waals surface area contributed by atoms with Crippen LogP contribution in [0.4, 0.5) is 14.6 Å². The first-order chi connectivity index (χ1) is 9.48. The van der Waals surface area contributed by atoms with Gasteiger partial charge in [0.15, 0.2) is 0 Å². The molecule has 5 heteroatoms. The fourth-order valence-corrected chi connectivity index (χ4v) is 2.72. The van der Waals surface area contributed by atoms with Crippen molar-refractivity contribution < 1.29 is 8.78 Å². The van der Waals surface area contributed by atoms with E-state index in [1.165, 1.54) is 0 Å². The highest BCUT2D eigenvalue weighted by atomic mass is 19.3. The maximum absolute atomic E-state index is 13.4. The first-order valence-electron chi connectivity index (χ1n) is 6.83. The third-order valence-electron chi connectivity index (χ3n) is 3.79. The Kier molecular flexibility index (Phi) is 3.07. The number of anilines is 1. The Morgan fingerprint density at radius 1 is 1.25 bits per heavy atom. The second-order valence-corrected chi connectivity index (χ2v) is 5.64. The van der Waals surface area contributed by atoms with Gasteiger partial charge in [-0.2, -0.15) is 0 Å². The van der Waals surface area contributed by atoms with Gasteiger partial charge >= 0.3 is 0 Å². The summed E-state index contributed by atoms with van der Waals surface area (Å²) in [6.45, 7) is 4.27. The molecule has 3 heterocycles. The molecule has 0 amide bonds. The van der Waals surface area contributed by atoms with Crippen molar-refractivity contribution in [2.75, 3.05) is 18.0 Å². The van der Waals surface area contributed by atoms with E-state index in [-0.39, 0.29) is 13.0 Å². The highest BCUT2D eigenvalue weighted by Crippen LogP contribution is 2.35. The molecule has 2 aromatic rings. The van der Waals surface area contributed by atoms with E-state index in [9.17, 15) is 8.78 Å². The zero-order valence-corrected chi connectivity index (χ0v) is 11.6. The number of hydrogen-bond acceptors (Lipinski definition) is 3. The summed E-state index contributed by atoms with van der Waals surface area (Å²) in [4.78, 5) is 10.2. The number of rotatable bonds is 2. The smallest absolute Gasteiger partial charge is 0.266 e. The number of alkyl halides is 2. The predicted octanol–water partition coefficient (Wildman–Crippen LogP) is 3.60. The van der Waals surface area contributed by atoms with Crippen molar-refractivity contribution >= 4 is 16.6 Å². The van der Waals surface area contributed by atoms with E-state index in [1.54, 1.807) is 23.5 Å². The third kappa shape index (κ3) is 2.21. The molecule has 3 rings (SSSR count). The molecule has 0 atom stereocenters. The normalized spacial score (nSPS) is 18.1. The summed E-state index contributed by atoms with van der Waals surface area (Å²) in [6.07, 6.45) is 5.15. The van der Waals surface area contributed by atoms with E-state index in [0.717, 1.165) is 16.3 Å². The van der Waals surface area contributed by atoms with Crippen LogP contribution in [0.3, 0.4) is 0 Å². The number of pyridine rings is 2.